The number of carbonyl (C=O) groups is 1. The van der Waals surface area contributed by atoms with Crippen molar-refractivity contribution >= 4 is 40.6 Å². The van der Waals surface area contributed by atoms with Gasteiger partial charge in [-0.25, -0.2) is 4.79 Å². The van der Waals surface area contributed by atoms with Crippen molar-refractivity contribution < 1.29 is 9.90 Å². The van der Waals surface area contributed by atoms with Gasteiger partial charge in [-0.05, 0) is 30.3 Å². The lowest BCUT2D eigenvalue weighted by Gasteiger charge is -2.10. The molecule has 0 aliphatic heterocycles. The van der Waals surface area contributed by atoms with Crippen molar-refractivity contribution in [3.05, 3.63) is 52.5 Å². The SMILES string of the molecule is O=C(Nc1cc(Cl)ccc1O)Nc1ccccc1Cl. The predicted molar refractivity (Wildman–Crippen MR) is 77.2 cm³/mol. The summed E-state index contributed by atoms with van der Waals surface area (Å²) in [4.78, 5) is 11.8. The molecule has 0 aromatic heterocycles. The van der Waals surface area contributed by atoms with Crippen LogP contribution in [0.5, 0.6) is 5.75 Å². The van der Waals surface area contributed by atoms with Crippen LogP contribution in [0.1, 0.15) is 0 Å². The van der Waals surface area contributed by atoms with Crippen LogP contribution in [0.15, 0.2) is 42.5 Å². The van der Waals surface area contributed by atoms with Crippen LogP contribution >= 0.6 is 23.2 Å². The zero-order valence-corrected chi connectivity index (χ0v) is 11.2. The Labute approximate surface area is 120 Å². The molecule has 19 heavy (non-hydrogen) atoms. The van der Waals surface area contributed by atoms with Crippen molar-refractivity contribution in [3.8, 4) is 5.75 Å². The quantitative estimate of drug-likeness (QED) is 0.722. The first-order valence-electron chi connectivity index (χ1n) is 5.37. The second kappa shape index (κ2) is 5.82. The molecule has 2 amide bonds. The number of anilines is 2. The van der Waals surface area contributed by atoms with Gasteiger partial charge in [0.1, 0.15) is 5.75 Å². The number of phenols is 1. The maximum Gasteiger partial charge on any atom is 0.323 e. The van der Waals surface area contributed by atoms with E-state index < -0.39 is 6.03 Å². The highest BCUT2D eigenvalue weighted by atomic mass is 35.5. The van der Waals surface area contributed by atoms with Gasteiger partial charge in [0.15, 0.2) is 0 Å². The minimum Gasteiger partial charge on any atom is -0.506 e. The van der Waals surface area contributed by atoms with Gasteiger partial charge in [0, 0.05) is 5.02 Å². The zero-order chi connectivity index (χ0) is 13.8. The number of hydrogen-bond acceptors (Lipinski definition) is 2. The van der Waals surface area contributed by atoms with Crippen molar-refractivity contribution in [2.75, 3.05) is 10.6 Å². The highest BCUT2D eigenvalue weighted by Gasteiger charge is 2.08. The Morgan fingerprint density at radius 2 is 1.68 bits per heavy atom. The Bertz CT molecular complexity index is 617. The summed E-state index contributed by atoms with van der Waals surface area (Å²) in [6.07, 6.45) is 0. The second-order valence-electron chi connectivity index (χ2n) is 3.72. The van der Waals surface area contributed by atoms with Gasteiger partial charge in [0.25, 0.3) is 0 Å². The van der Waals surface area contributed by atoms with E-state index in [2.05, 4.69) is 10.6 Å². The van der Waals surface area contributed by atoms with Crippen LogP contribution in [0.4, 0.5) is 16.2 Å². The van der Waals surface area contributed by atoms with E-state index in [-0.39, 0.29) is 11.4 Å². The third-order valence-corrected chi connectivity index (χ3v) is 2.89. The Balaban J connectivity index is 2.10. The maximum absolute atomic E-state index is 11.8. The molecule has 4 nitrogen and oxygen atoms in total. The number of aromatic hydroxyl groups is 1. The molecule has 2 rings (SSSR count). The molecule has 0 bridgehead atoms. The number of rotatable bonds is 2. The molecule has 0 radical (unpaired) electrons. The smallest absolute Gasteiger partial charge is 0.323 e. The monoisotopic (exact) mass is 296 g/mol. The molecule has 0 aliphatic carbocycles. The molecule has 0 atom stereocenters. The molecule has 0 fully saturated rings. The van der Waals surface area contributed by atoms with Gasteiger partial charge in [-0.2, -0.15) is 0 Å². The van der Waals surface area contributed by atoms with Crippen molar-refractivity contribution in [3.63, 3.8) is 0 Å². The van der Waals surface area contributed by atoms with E-state index in [9.17, 15) is 9.90 Å². The van der Waals surface area contributed by atoms with Gasteiger partial charge in [0.05, 0.1) is 16.4 Å². The number of halogens is 2. The lowest BCUT2D eigenvalue weighted by molar-refractivity contribution is 0.262. The molecule has 0 saturated heterocycles. The Kier molecular flexibility index (Phi) is 4.14. The summed E-state index contributed by atoms with van der Waals surface area (Å²) >= 11 is 11.7. The van der Waals surface area contributed by atoms with Gasteiger partial charge < -0.3 is 15.7 Å². The zero-order valence-electron chi connectivity index (χ0n) is 9.65. The molecule has 6 heteroatoms. The third-order valence-electron chi connectivity index (χ3n) is 2.33. The average molecular weight is 297 g/mol. The summed E-state index contributed by atoms with van der Waals surface area (Å²) in [5.74, 6) is -0.0706. The average Bonchev–Trinajstić information content (AvgIpc) is 2.37. The van der Waals surface area contributed by atoms with E-state index in [0.717, 1.165) is 0 Å². The minimum absolute atomic E-state index is 0.0706. The Morgan fingerprint density at radius 1 is 1.00 bits per heavy atom. The van der Waals surface area contributed by atoms with Gasteiger partial charge in [-0.15, -0.1) is 0 Å². The van der Waals surface area contributed by atoms with E-state index >= 15 is 0 Å². The minimum atomic E-state index is -0.523. The van der Waals surface area contributed by atoms with E-state index in [4.69, 9.17) is 23.2 Å². The molecule has 2 aromatic rings. The normalized spacial score (nSPS) is 10.0. The number of urea groups is 1. The van der Waals surface area contributed by atoms with E-state index in [1.54, 1.807) is 24.3 Å². The Hall–Kier alpha value is -1.91. The highest BCUT2D eigenvalue weighted by molar-refractivity contribution is 6.33. The summed E-state index contributed by atoms with van der Waals surface area (Å²) in [7, 11) is 0. The molecular formula is C13H10Cl2N2O2. The van der Waals surface area contributed by atoms with E-state index in [0.29, 0.717) is 15.7 Å². The Morgan fingerprint density at radius 3 is 2.42 bits per heavy atom. The van der Waals surface area contributed by atoms with E-state index in [1.165, 1.54) is 18.2 Å². The summed E-state index contributed by atoms with van der Waals surface area (Å²) in [5.41, 5.74) is 0.695. The molecule has 3 N–H and O–H groups in total. The third kappa shape index (κ3) is 3.53. The van der Waals surface area contributed by atoms with Crippen LogP contribution in [0, 0.1) is 0 Å². The molecule has 0 aliphatic rings. The second-order valence-corrected chi connectivity index (χ2v) is 4.56. The predicted octanol–water partition coefficient (Wildman–Crippen LogP) is 4.34. The number of nitrogens with one attached hydrogen (secondary N) is 2. The number of benzene rings is 2. The summed E-state index contributed by atoms with van der Waals surface area (Å²) in [5, 5.41) is 15.5. The highest BCUT2D eigenvalue weighted by Crippen LogP contribution is 2.27. The molecule has 2 aromatic carbocycles. The van der Waals surface area contributed by atoms with Gasteiger partial charge in [0.2, 0.25) is 0 Å². The summed E-state index contributed by atoms with van der Waals surface area (Å²) in [6.45, 7) is 0. The number of hydrogen-bond donors (Lipinski definition) is 3. The summed E-state index contributed by atoms with van der Waals surface area (Å²) < 4.78 is 0. The molecule has 0 spiro atoms. The van der Waals surface area contributed by atoms with Crippen molar-refractivity contribution in [1.82, 2.24) is 0 Å². The standard InChI is InChI=1S/C13H10Cl2N2O2/c14-8-5-6-12(18)11(7-8)17-13(19)16-10-4-2-1-3-9(10)15/h1-7,18H,(H2,16,17,19). The largest absolute Gasteiger partial charge is 0.506 e. The first kappa shape index (κ1) is 13.5. The van der Waals surface area contributed by atoms with Crippen molar-refractivity contribution in [2.45, 2.75) is 0 Å². The summed E-state index contributed by atoms with van der Waals surface area (Å²) in [6, 6.07) is 10.7. The van der Waals surface area contributed by atoms with Crippen LogP contribution in [0.25, 0.3) is 0 Å². The number of amides is 2. The van der Waals surface area contributed by atoms with Crippen molar-refractivity contribution in [2.24, 2.45) is 0 Å². The van der Waals surface area contributed by atoms with Gasteiger partial charge >= 0.3 is 6.03 Å². The fourth-order valence-electron chi connectivity index (χ4n) is 1.45. The topological polar surface area (TPSA) is 61.4 Å². The number of phenolic OH excluding ortho intramolecular Hbond substituents is 1. The van der Waals surface area contributed by atoms with Gasteiger partial charge in [-0.3, -0.25) is 0 Å². The van der Waals surface area contributed by atoms with Crippen LogP contribution in [-0.2, 0) is 0 Å². The molecule has 0 saturated carbocycles. The van der Waals surface area contributed by atoms with Crippen LogP contribution in [0.2, 0.25) is 10.0 Å². The lowest BCUT2D eigenvalue weighted by Crippen LogP contribution is -2.19. The molecule has 98 valence electrons. The maximum atomic E-state index is 11.8. The number of para-hydroxylation sites is 1. The van der Waals surface area contributed by atoms with Crippen LogP contribution in [-0.4, -0.2) is 11.1 Å². The van der Waals surface area contributed by atoms with Gasteiger partial charge in [-0.1, -0.05) is 35.3 Å². The molecule has 0 unspecified atom stereocenters. The molecule has 0 heterocycles. The van der Waals surface area contributed by atoms with Crippen LogP contribution < -0.4 is 10.6 Å². The fourth-order valence-corrected chi connectivity index (χ4v) is 1.80. The first-order chi connectivity index (χ1) is 9.06. The fraction of sp³-hybridized carbons (Fsp3) is 0. The lowest BCUT2D eigenvalue weighted by atomic mass is 10.3. The number of carbonyl (C=O) groups excluding carboxylic acids is 1. The van der Waals surface area contributed by atoms with E-state index in [1.807, 2.05) is 0 Å². The van der Waals surface area contributed by atoms with Crippen molar-refractivity contribution in [1.29, 1.82) is 0 Å². The first-order valence-corrected chi connectivity index (χ1v) is 6.13. The van der Waals surface area contributed by atoms with Crippen LogP contribution in [0.3, 0.4) is 0 Å². The molecular weight excluding hydrogens is 287 g/mol.